The first-order chi connectivity index (χ1) is 9.53. The molecule has 20 heavy (non-hydrogen) atoms. The first-order valence-corrected chi connectivity index (χ1v) is 8.09. The number of hydrogen-bond donors (Lipinski definition) is 0. The second-order valence-corrected chi connectivity index (χ2v) is 7.63. The van der Waals surface area contributed by atoms with Crippen LogP contribution in [-0.4, -0.2) is 23.8 Å². The van der Waals surface area contributed by atoms with Crippen LogP contribution in [0.25, 0.3) is 0 Å². The lowest BCUT2D eigenvalue weighted by atomic mass is 9.78. The zero-order chi connectivity index (χ0) is 13.9. The predicted molar refractivity (Wildman–Crippen MR) is 75.0 cm³/mol. The predicted octanol–water partition coefficient (Wildman–Crippen LogP) is 3.09. The van der Waals surface area contributed by atoms with Crippen molar-refractivity contribution >= 4 is 5.97 Å². The van der Waals surface area contributed by atoms with Crippen LogP contribution in [0.15, 0.2) is 12.2 Å². The molecule has 3 fully saturated rings. The van der Waals surface area contributed by atoms with Crippen LogP contribution in [0.1, 0.15) is 46.0 Å². The van der Waals surface area contributed by atoms with E-state index in [1.807, 2.05) is 0 Å². The van der Waals surface area contributed by atoms with E-state index in [0.29, 0.717) is 30.0 Å². The largest absolute Gasteiger partial charge is 0.459 e. The van der Waals surface area contributed by atoms with Crippen LogP contribution in [0.5, 0.6) is 0 Å². The summed E-state index contributed by atoms with van der Waals surface area (Å²) in [5.41, 5.74) is -0.386. The third-order valence-electron chi connectivity index (χ3n) is 5.94. The average molecular weight is 276 g/mol. The van der Waals surface area contributed by atoms with E-state index in [1.165, 1.54) is 6.42 Å². The van der Waals surface area contributed by atoms with Crippen LogP contribution >= 0.6 is 0 Å². The molecule has 4 aliphatic rings. The summed E-state index contributed by atoms with van der Waals surface area (Å²) in [5.74, 6) is 1.55. The maximum absolute atomic E-state index is 12.5. The van der Waals surface area contributed by atoms with E-state index in [-0.39, 0.29) is 17.5 Å². The van der Waals surface area contributed by atoms with Gasteiger partial charge in [-0.2, -0.15) is 0 Å². The van der Waals surface area contributed by atoms with Crippen LogP contribution in [0.3, 0.4) is 0 Å². The number of carbonyl (C=O) groups is 1. The minimum Gasteiger partial charge on any atom is -0.459 e. The van der Waals surface area contributed by atoms with E-state index in [0.717, 1.165) is 25.7 Å². The van der Waals surface area contributed by atoms with Crippen molar-refractivity contribution in [3.63, 3.8) is 0 Å². The summed E-state index contributed by atoms with van der Waals surface area (Å²) in [6.07, 6.45) is 10.7. The Bertz CT molecular complexity index is 453. The Kier molecular flexibility index (Phi) is 2.79. The number of carbonyl (C=O) groups excluding carboxylic acids is 1. The van der Waals surface area contributed by atoms with Gasteiger partial charge in [-0.3, -0.25) is 4.79 Å². The molecule has 4 bridgehead atoms. The van der Waals surface area contributed by atoms with Gasteiger partial charge in [-0.05, 0) is 57.8 Å². The monoisotopic (exact) mass is 276 g/mol. The number of allylic oxidation sites excluding steroid dienone is 2. The molecule has 3 nitrogen and oxygen atoms in total. The second kappa shape index (κ2) is 4.33. The number of fused-ring (bicyclic) bond motifs is 4. The minimum absolute atomic E-state index is 0.0228. The average Bonchev–Trinajstić information content (AvgIpc) is 3.17. The maximum atomic E-state index is 12.5. The van der Waals surface area contributed by atoms with Gasteiger partial charge in [-0.15, -0.1) is 0 Å². The van der Waals surface area contributed by atoms with Crippen molar-refractivity contribution < 1.29 is 14.3 Å². The topological polar surface area (TPSA) is 35.5 Å². The summed E-state index contributed by atoms with van der Waals surface area (Å²) >= 11 is 0. The molecular formula is C17H24O3. The standard InChI is InChI=1S/C17H24O3/c1-17(2,14-9-12-5-6-15(14)19-12)20-16(18)13-8-10-3-4-11(13)7-10/h3-4,10-15H,5-9H2,1-2H3. The van der Waals surface area contributed by atoms with Gasteiger partial charge in [0.05, 0.1) is 18.1 Å². The molecule has 0 aromatic carbocycles. The number of esters is 1. The number of hydrogen-bond acceptors (Lipinski definition) is 3. The molecule has 2 heterocycles. The molecule has 0 radical (unpaired) electrons. The van der Waals surface area contributed by atoms with Crippen molar-refractivity contribution in [2.24, 2.45) is 23.7 Å². The first kappa shape index (κ1) is 12.9. The van der Waals surface area contributed by atoms with Crippen LogP contribution in [0, 0.1) is 23.7 Å². The van der Waals surface area contributed by atoms with Crippen LogP contribution < -0.4 is 0 Å². The van der Waals surface area contributed by atoms with E-state index >= 15 is 0 Å². The van der Waals surface area contributed by atoms with Crippen LogP contribution in [-0.2, 0) is 14.3 Å². The van der Waals surface area contributed by atoms with Gasteiger partial charge in [-0.25, -0.2) is 0 Å². The van der Waals surface area contributed by atoms with Crippen molar-refractivity contribution in [2.75, 3.05) is 0 Å². The molecule has 0 aromatic heterocycles. The highest BCUT2D eigenvalue weighted by Gasteiger charge is 2.51. The third-order valence-corrected chi connectivity index (χ3v) is 5.94. The van der Waals surface area contributed by atoms with Gasteiger partial charge in [-0.1, -0.05) is 12.2 Å². The SMILES string of the molecule is CC(C)(OC(=O)C1CC2C=CC1C2)C1CC2CCC1O2. The molecule has 0 amide bonds. The first-order valence-electron chi connectivity index (χ1n) is 8.09. The molecular weight excluding hydrogens is 252 g/mol. The van der Waals surface area contributed by atoms with E-state index in [4.69, 9.17) is 9.47 Å². The molecule has 0 N–H and O–H groups in total. The van der Waals surface area contributed by atoms with Crippen molar-refractivity contribution in [2.45, 2.75) is 63.8 Å². The highest BCUT2D eigenvalue weighted by molar-refractivity contribution is 5.74. The van der Waals surface area contributed by atoms with Crippen molar-refractivity contribution in [3.8, 4) is 0 Å². The molecule has 4 rings (SSSR count). The normalized spacial score (nSPS) is 45.3. The van der Waals surface area contributed by atoms with Gasteiger partial charge in [0.2, 0.25) is 0 Å². The fourth-order valence-corrected chi connectivity index (χ4v) is 4.83. The quantitative estimate of drug-likeness (QED) is 0.587. The summed E-state index contributed by atoms with van der Waals surface area (Å²) in [6, 6.07) is 0. The molecule has 6 atom stereocenters. The van der Waals surface area contributed by atoms with E-state index in [9.17, 15) is 4.79 Å². The summed E-state index contributed by atoms with van der Waals surface area (Å²) in [6.45, 7) is 4.14. The Labute approximate surface area is 120 Å². The van der Waals surface area contributed by atoms with Gasteiger partial charge >= 0.3 is 5.97 Å². The lowest BCUT2D eigenvalue weighted by Gasteiger charge is -2.36. The smallest absolute Gasteiger partial charge is 0.310 e. The molecule has 1 saturated carbocycles. The molecule has 0 aromatic rings. The van der Waals surface area contributed by atoms with Gasteiger partial charge in [0, 0.05) is 5.92 Å². The molecule has 0 spiro atoms. The van der Waals surface area contributed by atoms with E-state index in [2.05, 4.69) is 26.0 Å². The Hall–Kier alpha value is -0.830. The number of rotatable bonds is 3. The van der Waals surface area contributed by atoms with Crippen LogP contribution in [0.2, 0.25) is 0 Å². The van der Waals surface area contributed by atoms with Crippen molar-refractivity contribution in [1.29, 1.82) is 0 Å². The summed E-state index contributed by atoms with van der Waals surface area (Å²) in [5, 5.41) is 0. The van der Waals surface area contributed by atoms with E-state index in [1.54, 1.807) is 0 Å². The second-order valence-electron chi connectivity index (χ2n) is 7.63. The zero-order valence-corrected chi connectivity index (χ0v) is 12.4. The fraction of sp³-hybridized carbons (Fsp3) is 0.824. The molecule has 6 unspecified atom stereocenters. The van der Waals surface area contributed by atoms with Gasteiger partial charge in [0.15, 0.2) is 0 Å². The molecule has 3 heteroatoms. The van der Waals surface area contributed by atoms with E-state index < -0.39 is 0 Å². The summed E-state index contributed by atoms with van der Waals surface area (Å²) in [4.78, 5) is 12.5. The lowest BCUT2D eigenvalue weighted by Crippen LogP contribution is -2.43. The third kappa shape index (κ3) is 1.93. The highest BCUT2D eigenvalue weighted by atomic mass is 16.6. The maximum Gasteiger partial charge on any atom is 0.310 e. The highest BCUT2D eigenvalue weighted by Crippen LogP contribution is 2.47. The Morgan fingerprint density at radius 3 is 2.60 bits per heavy atom. The molecule has 110 valence electrons. The summed E-state index contributed by atoms with van der Waals surface area (Å²) < 4.78 is 11.9. The Balaban J connectivity index is 1.42. The molecule has 2 aliphatic carbocycles. The van der Waals surface area contributed by atoms with Gasteiger partial charge in [0.1, 0.15) is 5.60 Å². The Morgan fingerprint density at radius 1 is 1.20 bits per heavy atom. The molecule has 2 aliphatic heterocycles. The van der Waals surface area contributed by atoms with Crippen molar-refractivity contribution in [1.82, 2.24) is 0 Å². The van der Waals surface area contributed by atoms with Gasteiger partial charge < -0.3 is 9.47 Å². The Morgan fingerprint density at radius 2 is 2.05 bits per heavy atom. The minimum atomic E-state index is -0.386. The van der Waals surface area contributed by atoms with Crippen LogP contribution in [0.4, 0.5) is 0 Å². The fourth-order valence-electron chi connectivity index (χ4n) is 4.83. The van der Waals surface area contributed by atoms with Gasteiger partial charge in [0.25, 0.3) is 0 Å². The van der Waals surface area contributed by atoms with Crippen molar-refractivity contribution in [3.05, 3.63) is 12.2 Å². The number of ether oxygens (including phenoxy) is 2. The lowest BCUT2D eigenvalue weighted by molar-refractivity contribution is -0.169. The molecule has 2 saturated heterocycles. The summed E-state index contributed by atoms with van der Waals surface area (Å²) in [7, 11) is 0. The zero-order valence-electron chi connectivity index (χ0n) is 12.4.